The molecule has 2 aliphatic rings. The lowest BCUT2D eigenvalue weighted by atomic mass is 10.0. The lowest BCUT2D eigenvalue weighted by Gasteiger charge is -2.43. The Balaban J connectivity index is 1.66. The summed E-state index contributed by atoms with van der Waals surface area (Å²) in [4.78, 5) is 33.0. The smallest absolute Gasteiger partial charge is 0.246 e. The van der Waals surface area contributed by atoms with Crippen LogP contribution in [0.25, 0.3) is 11.3 Å². The number of anilines is 2. The number of halogens is 2. The highest BCUT2D eigenvalue weighted by atomic mass is 35.5. The van der Waals surface area contributed by atoms with Gasteiger partial charge in [0.2, 0.25) is 5.91 Å². The first-order valence-electron chi connectivity index (χ1n) is 13.1. The van der Waals surface area contributed by atoms with Gasteiger partial charge in [-0.3, -0.25) is 9.78 Å². The molecule has 1 aromatic carbocycles. The van der Waals surface area contributed by atoms with Gasteiger partial charge in [0.25, 0.3) is 0 Å². The molecule has 3 aromatic rings. The molecule has 1 saturated heterocycles. The zero-order valence-corrected chi connectivity index (χ0v) is 23.4. The van der Waals surface area contributed by atoms with E-state index in [1.54, 1.807) is 23.1 Å². The molecular weight excluding hydrogens is 515 g/mol. The molecule has 39 heavy (non-hydrogen) atoms. The summed E-state index contributed by atoms with van der Waals surface area (Å²) in [5, 5.41) is 0.341. The summed E-state index contributed by atoms with van der Waals surface area (Å²) in [5.74, 6) is 1.12. The third-order valence-electron chi connectivity index (χ3n) is 7.30. The Kier molecular flexibility index (Phi) is 7.40. The van der Waals surface area contributed by atoms with E-state index in [-0.39, 0.29) is 23.7 Å². The van der Waals surface area contributed by atoms with Gasteiger partial charge in [-0.15, -0.1) is 0 Å². The fourth-order valence-electron chi connectivity index (χ4n) is 5.35. The van der Waals surface area contributed by atoms with Gasteiger partial charge in [-0.05, 0) is 55.7 Å². The van der Waals surface area contributed by atoms with Crippen LogP contribution in [0.5, 0.6) is 0 Å². The zero-order chi connectivity index (χ0) is 27.8. The van der Waals surface area contributed by atoms with E-state index in [0.29, 0.717) is 48.4 Å². The summed E-state index contributed by atoms with van der Waals surface area (Å²) in [7, 11) is 0. The van der Waals surface area contributed by atoms with E-state index in [1.165, 1.54) is 12.1 Å². The highest BCUT2D eigenvalue weighted by molar-refractivity contribution is 6.33. The van der Waals surface area contributed by atoms with Crippen LogP contribution in [0.2, 0.25) is 5.02 Å². The van der Waals surface area contributed by atoms with Crippen molar-refractivity contribution >= 4 is 34.8 Å². The van der Waals surface area contributed by atoms with Gasteiger partial charge in [0.1, 0.15) is 24.1 Å². The third kappa shape index (κ3) is 4.89. The number of benzene rings is 1. The van der Waals surface area contributed by atoms with Crippen LogP contribution in [0.3, 0.4) is 0 Å². The average Bonchev–Trinajstić information content (AvgIpc) is 2.92. The van der Waals surface area contributed by atoms with Crippen LogP contribution in [0, 0.1) is 12.7 Å². The second-order valence-electron chi connectivity index (χ2n) is 10.3. The first-order valence-corrected chi connectivity index (χ1v) is 13.5. The maximum atomic E-state index is 14.9. The minimum absolute atomic E-state index is 0.0113. The molecular formula is C30H32ClFN6O. The van der Waals surface area contributed by atoms with E-state index >= 15 is 0 Å². The molecule has 9 heteroatoms. The van der Waals surface area contributed by atoms with E-state index < -0.39 is 0 Å². The van der Waals surface area contributed by atoms with Crippen molar-refractivity contribution in [2.75, 3.05) is 31.2 Å². The van der Waals surface area contributed by atoms with E-state index in [4.69, 9.17) is 26.6 Å². The lowest BCUT2D eigenvalue weighted by Crippen LogP contribution is -2.56. The molecule has 2 aliphatic heterocycles. The van der Waals surface area contributed by atoms with Gasteiger partial charge < -0.3 is 14.7 Å². The molecule has 7 nitrogen and oxygen atoms in total. The molecule has 0 spiro atoms. The summed E-state index contributed by atoms with van der Waals surface area (Å²) in [6, 6.07) is 10.3. The quantitative estimate of drug-likeness (QED) is 0.379. The number of pyridine rings is 2. The van der Waals surface area contributed by atoms with Crippen molar-refractivity contribution in [2.45, 2.75) is 39.7 Å². The van der Waals surface area contributed by atoms with Crippen LogP contribution in [0.15, 0.2) is 60.2 Å². The second-order valence-corrected chi connectivity index (χ2v) is 10.7. The van der Waals surface area contributed by atoms with E-state index in [2.05, 4.69) is 37.1 Å². The predicted octanol–water partition coefficient (Wildman–Crippen LogP) is 5.94. The lowest BCUT2D eigenvalue weighted by molar-refractivity contribution is -0.128. The highest BCUT2D eigenvalue weighted by Gasteiger charge is 2.35. The van der Waals surface area contributed by atoms with Crippen molar-refractivity contribution in [1.82, 2.24) is 19.8 Å². The Labute approximate surface area is 233 Å². The summed E-state index contributed by atoms with van der Waals surface area (Å²) in [5.41, 5.74) is 4.41. The number of rotatable bonds is 4. The van der Waals surface area contributed by atoms with Gasteiger partial charge in [-0.25, -0.2) is 14.4 Å². The normalized spacial score (nSPS) is 17.3. The Bertz CT molecular complexity index is 1470. The van der Waals surface area contributed by atoms with Gasteiger partial charge in [-0.1, -0.05) is 44.2 Å². The SMILES string of the molecule is C=CC(=O)N1CCN(C2=NCN(c3c(C)ccnc3C(C)C)c3nc(-c4ccccc4F)c(Cl)cc32)[C@@H](C)C1. The number of fused-ring (bicyclic) bond motifs is 1. The molecule has 0 radical (unpaired) electrons. The van der Waals surface area contributed by atoms with Crippen LogP contribution in [-0.4, -0.2) is 63.9 Å². The van der Waals surface area contributed by atoms with E-state index in [0.717, 1.165) is 28.3 Å². The van der Waals surface area contributed by atoms with Crippen molar-refractivity contribution in [3.63, 3.8) is 0 Å². The number of amides is 1. The van der Waals surface area contributed by atoms with Crippen molar-refractivity contribution in [3.05, 3.63) is 82.9 Å². The predicted molar refractivity (Wildman–Crippen MR) is 154 cm³/mol. The van der Waals surface area contributed by atoms with Gasteiger partial charge >= 0.3 is 0 Å². The number of hydrogen-bond acceptors (Lipinski definition) is 6. The number of aryl methyl sites for hydroxylation is 1. The van der Waals surface area contributed by atoms with Crippen LogP contribution in [-0.2, 0) is 4.79 Å². The summed E-state index contributed by atoms with van der Waals surface area (Å²) in [6.45, 7) is 14.0. The third-order valence-corrected chi connectivity index (χ3v) is 7.59. The summed E-state index contributed by atoms with van der Waals surface area (Å²) < 4.78 is 14.9. The molecule has 1 amide bonds. The van der Waals surface area contributed by atoms with Crippen LogP contribution < -0.4 is 4.90 Å². The van der Waals surface area contributed by atoms with Crippen LogP contribution >= 0.6 is 11.6 Å². The monoisotopic (exact) mass is 546 g/mol. The number of nitrogens with zero attached hydrogens (tertiary/aromatic N) is 6. The average molecular weight is 547 g/mol. The molecule has 0 bridgehead atoms. The second kappa shape index (κ2) is 10.8. The molecule has 0 N–H and O–H groups in total. The number of hydrogen-bond donors (Lipinski definition) is 0. The molecule has 5 rings (SSSR count). The van der Waals surface area contributed by atoms with Crippen molar-refractivity contribution in [1.29, 1.82) is 0 Å². The van der Waals surface area contributed by atoms with Crippen molar-refractivity contribution < 1.29 is 9.18 Å². The van der Waals surface area contributed by atoms with Gasteiger partial charge in [0.05, 0.1) is 27.7 Å². The first-order chi connectivity index (χ1) is 18.7. The number of piperazine rings is 1. The van der Waals surface area contributed by atoms with E-state index in [1.807, 2.05) is 25.3 Å². The zero-order valence-electron chi connectivity index (χ0n) is 22.7. The minimum atomic E-state index is -0.389. The van der Waals surface area contributed by atoms with Gasteiger partial charge in [0.15, 0.2) is 0 Å². The Hall–Kier alpha value is -3.78. The largest absolute Gasteiger partial charge is 0.350 e. The molecule has 2 aromatic heterocycles. The number of carbonyl (C=O) groups is 1. The molecule has 0 aliphatic carbocycles. The highest BCUT2D eigenvalue weighted by Crippen LogP contribution is 2.41. The molecule has 202 valence electrons. The molecule has 1 fully saturated rings. The minimum Gasteiger partial charge on any atom is -0.350 e. The fourth-order valence-corrected chi connectivity index (χ4v) is 5.60. The van der Waals surface area contributed by atoms with Crippen LogP contribution in [0.1, 0.15) is 43.5 Å². The summed E-state index contributed by atoms with van der Waals surface area (Å²) >= 11 is 6.80. The number of carbonyl (C=O) groups excluding carboxylic acids is 1. The maximum absolute atomic E-state index is 14.9. The molecule has 0 unspecified atom stereocenters. The first kappa shape index (κ1) is 26.8. The van der Waals surface area contributed by atoms with Crippen LogP contribution in [0.4, 0.5) is 15.9 Å². The fraction of sp³-hybridized carbons (Fsp3) is 0.333. The standard InChI is InChI=1S/C30H32ClFN6O/c1-6-25(39)36-13-14-37(20(5)16-36)29-22-15-23(31)27(21-9-7-8-10-24(21)32)35-30(22)38(17-34-29)28-19(4)11-12-33-26(28)18(2)3/h6-12,15,18,20H,1,13-14,16-17H2,2-5H3/t20-/m0/s1. The Morgan fingerprint density at radius 2 is 1.97 bits per heavy atom. The van der Waals surface area contributed by atoms with Crippen molar-refractivity contribution in [3.8, 4) is 11.3 Å². The van der Waals surface area contributed by atoms with E-state index in [9.17, 15) is 9.18 Å². The summed E-state index contributed by atoms with van der Waals surface area (Å²) in [6.07, 6.45) is 3.17. The molecule has 0 saturated carbocycles. The number of aliphatic imine (C=N–C) groups is 1. The number of amidine groups is 1. The Morgan fingerprint density at radius 3 is 2.67 bits per heavy atom. The van der Waals surface area contributed by atoms with Gasteiger partial charge in [-0.2, -0.15) is 0 Å². The maximum Gasteiger partial charge on any atom is 0.246 e. The molecule has 4 heterocycles. The number of aromatic nitrogens is 2. The topological polar surface area (TPSA) is 64.9 Å². The Morgan fingerprint density at radius 1 is 1.21 bits per heavy atom. The molecule has 1 atom stereocenters. The van der Waals surface area contributed by atoms with Gasteiger partial charge in [0, 0.05) is 37.4 Å². The van der Waals surface area contributed by atoms with Crippen molar-refractivity contribution in [2.24, 2.45) is 4.99 Å².